The van der Waals surface area contributed by atoms with Crippen molar-refractivity contribution in [2.45, 2.75) is 6.92 Å². The fourth-order valence-corrected chi connectivity index (χ4v) is 3.20. The SMILES string of the molecule is C=C(C)C(=O)Oc1ccc(N(c2ccccc2)c2ccc3ccccc3c2)cc1. The summed E-state index contributed by atoms with van der Waals surface area (Å²) in [5.74, 6) is 0.0699. The van der Waals surface area contributed by atoms with E-state index in [-0.39, 0.29) is 0 Å². The van der Waals surface area contributed by atoms with Crippen molar-refractivity contribution in [1.29, 1.82) is 0 Å². The van der Waals surface area contributed by atoms with Crippen LogP contribution >= 0.6 is 0 Å². The van der Waals surface area contributed by atoms with Crippen molar-refractivity contribution in [3.8, 4) is 5.75 Å². The Morgan fingerprint density at radius 2 is 1.31 bits per heavy atom. The first-order valence-corrected chi connectivity index (χ1v) is 9.43. The van der Waals surface area contributed by atoms with E-state index in [1.165, 1.54) is 10.8 Å². The lowest BCUT2D eigenvalue weighted by molar-refractivity contribution is -0.130. The number of benzene rings is 4. The molecule has 0 aliphatic rings. The van der Waals surface area contributed by atoms with Gasteiger partial charge in [-0.3, -0.25) is 0 Å². The van der Waals surface area contributed by atoms with Crippen LogP contribution in [0.2, 0.25) is 0 Å². The molecule has 4 aromatic carbocycles. The van der Waals surface area contributed by atoms with E-state index >= 15 is 0 Å². The smallest absolute Gasteiger partial charge is 0.338 e. The molecule has 0 aliphatic heterocycles. The first-order chi connectivity index (χ1) is 14.1. The minimum Gasteiger partial charge on any atom is -0.423 e. The van der Waals surface area contributed by atoms with Crippen LogP contribution in [0.5, 0.6) is 5.75 Å². The molecular formula is C26H21NO2. The summed E-state index contributed by atoms with van der Waals surface area (Å²) in [5.41, 5.74) is 3.45. The van der Waals surface area contributed by atoms with Crippen molar-refractivity contribution >= 4 is 33.8 Å². The van der Waals surface area contributed by atoms with Crippen LogP contribution in [0.25, 0.3) is 10.8 Å². The number of ether oxygens (including phenoxy) is 1. The van der Waals surface area contributed by atoms with Crippen molar-refractivity contribution in [2.24, 2.45) is 0 Å². The molecular weight excluding hydrogens is 358 g/mol. The van der Waals surface area contributed by atoms with Gasteiger partial charge in [0.05, 0.1) is 0 Å². The molecule has 0 spiro atoms. The van der Waals surface area contributed by atoms with Crippen molar-refractivity contribution in [3.63, 3.8) is 0 Å². The van der Waals surface area contributed by atoms with Crippen molar-refractivity contribution < 1.29 is 9.53 Å². The number of esters is 1. The van der Waals surface area contributed by atoms with Crippen LogP contribution in [0.15, 0.2) is 109 Å². The van der Waals surface area contributed by atoms with Gasteiger partial charge in [-0.1, -0.05) is 55.1 Å². The standard InChI is InChI=1S/C26H21NO2/c1-19(2)26(28)29-25-16-14-23(15-17-25)27(22-10-4-3-5-11-22)24-13-12-20-8-6-7-9-21(20)18-24/h3-18H,1H2,2H3. The largest absolute Gasteiger partial charge is 0.423 e. The predicted molar refractivity (Wildman–Crippen MR) is 119 cm³/mol. The second-order valence-electron chi connectivity index (χ2n) is 6.87. The molecule has 0 radical (unpaired) electrons. The van der Waals surface area contributed by atoms with Crippen LogP contribution in [0, 0.1) is 0 Å². The Morgan fingerprint density at radius 1 is 0.724 bits per heavy atom. The highest BCUT2D eigenvalue weighted by Gasteiger charge is 2.13. The molecule has 3 nitrogen and oxygen atoms in total. The molecule has 0 unspecified atom stereocenters. The Kier molecular flexibility index (Phi) is 5.12. The number of carbonyl (C=O) groups excluding carboxylic acids is 1. The number of hydrogen-bond acceptors (Lipinski definition) is 3. The summed E-state index contributed by atoms with van der Waals surface area (Å²) in [4.78, 5) is 13.9. The first kappa shape index (κ1) is 18.5. The summed E-state index contributed by atoms with van der Waals surface area (Å²) in [5, 5.41) is 2.38. The molecule has 0 heterocycles. The zero-order valence-electron chi connectivity index (χ0n) is 16.2. The average Bonchev–Trinajstić information content (AvgIpc) is 2.76. The van der Waals surface area contributed by atoms with Gasteiger partial charge in [0, 0.05) is 22.6 Å². The van der Waals surface area contributed by atoms with Gasteiger partial charge in [0.15, 0.2) is 0 Å². The summed E-state index contributed by atoms with van der Waals surface area (Å²) >= 11 is 0. The van der Waals surface area contributed by atoms with Crippen molar-refractivity contribution in [1.82, 2.24) is 0 Å². The van der Waals surface area contributed by atoms with E-state index in [0.717, 1.165) is 17.1 Å². The summed E-state index contributed by atoms with van der Waals surface area (Å²) in [6, 6.07) is 32.4. The van der Waals surface area contributed by atoms with Crippen LogP contribution in [0.1, 0.15) is 6.92 Å². The Balaban J connectivity index is 1.75. The van der Waals surface area contributed by atoms with E-state index in [1.807, 2.05) is 42.5 Å². The zero-order valence-corrected chi connectivity index (χ0v) is 16.2. The number of para-hydroxylation sites is 1. The Hall–Kier alpha value is -3.85. The van der Waals surface area contributed by atoms with Crippen LogP contribution in [-0.4, -0.2) is 5.97 Å². The number of hydrogen-bond donors (Lipinski definition) is 0. The van der Waals surface area contributed by atoms with Gasteiger partial charge in [-0.05, 0) is 66.2 Å². The van der Waals surface area contributed by atoms with Crippen LogP contribution in [0.3, 0.4) is 0 Å². The van der Waals surface area contributed by atoms with Gasteiger partial charge in [-0.15, -0.1) is 0 Å². The Bertz CT molecular complexity index is 1160. The first-order valence-electron chi connectivity index (χ1n) is 9.43. The van der Waals surface area contributed by atoms with Gasteiger partial charge in [-0.2, -0.15) is 0 Å². The molecule has 0 aliphatic carbocycles. The molecule has 0 fully saturated rings. The summed E-state index contributed by atoms with van der Waals surface area (Å²) in [7, 11) is 0. The molecule has 142 valence electrons. The van der Waals surface area contributed by atoms with Gasteiger partial charge < -0.3 is 9.64 Å². The highest BCUT2D eigenvalue weighted by Crippen LogP contribution is 2.36. The van der Waals surface area contributed by atoms with Gasteiger partial charge in [0.2, 0.25) is 0 Å². The molecule has 0 atom stereocenters. The maximum atomic E-state index is 11.8. The molecule has 0 saturated heterocycles. The van der Waals surface area contributed by atoms with Gasteiger partial charge in [-0.25, -0.2) is 4.79 Å². The highest BCUT2D eigenvalue weighted by molar-refractivity contribution is 5.90. The topological polar surface area (TPSA) is 29.5 Å². The monoisotopic (exact) mass is 379 g/mol. The lowest BCUT2D eigenvalue weighted by Gasteiger charge is -2.26. The van der Waals surface area contributed by atoms with E-state index in [0.29, 0.717) is 11.3 Å². The second-order valence-corrected chi connectivity index (χ2v) is 6.87. The van der Waals surface area contributed by atoms with Crippen molar-refractivity contribution in [2.75, 3.05) is 4.90 Å². The van der Waals surface area contributed by atoms with Gasteiger partial charge in [0.25, 0.3) is 0 Å². The molecule has 4 aromatic rings. The fraction of sp³-hybridized carbons (Fsp3) is 0.0385. The molecule has 29 heavy (non-hydrogen) atoms. The van der Waals surface area contributed by atoms with E-state index in [2.05, 4.69) is 53.9 Å². The Morgan fingerprint density at radius 3 is 2.00 bits per heavy atom. The second kappa shape index (κ2) is 8.03. The molecule has 0 bridgehead atoms. The van der Waals surface area contributed by atoms with E-state index < -0.39 is 5.97 Å². The zero-order chi connectivity index (χ0) is 20.2. The van der Waals surface area contributed by atoms with Crippen LogP contribution in [-0.2, 0) is 4.79 Å². The minimum absolute atomic E-state index is 0.371. The Labute approximate surface area is 170 Å². The summed E-state index contributed by atoms with van der Waals surface area (Å²) < 4.78 is 5.32. The number of nitrogens with zero attached hydrogens (tertiary/aromatic N) is 1. The molecule has 0 N–H and O–H groups in total. The lowest BCUT2D eigenvalue weighted by Crippen LogP contribution is -2.11. The van der Waals surface area contributed by atoms with E-state index in [4.69, 9.17) is 4.74 Å². The third-order valence-corrected chi connectivity index (χ3v) is 4.66. The van der Waals surface area contributed by atoms with Crippen LogP contribution in [0.4, 0.5) is 17.1 Å². The molecule has 4 rings (SSSR count). The summed E-state index contributed by atoms with van der Waals surface area (Å²) in [6.07, 6.45) is 0. The third-order valence-electron chi connectivity index (χ3n) is 4.66. The predicted octanol–water partition coefficient (Wildman–Crippen LogP) is 6.79. The number of rotatable bonds is 5. The fourth-order valence-electron chi connectivity index (χ4n) is 3.20. The quantitative estimate of drug-likeness (QED) is 0.217. The van der Waals surface area contributed by atoms with Gasteiger partial charge >= 0.3 is 5.97 Å². The van der Waals surface area contributed by atoms with Crippen molar-refractivity contribution in [3.05, 3.63) is 109 Å². The lowest BCUT2D eigenvalue weighted by atomic mass is 10.1. The number of anilines is 3. The maximum absolute atomic E-state index is 11.8. The molecule has 3 heteroatoms. The normalized spacial score (nSPS) is 10.5. The van der Waals surface area contributed by atoms with E-state index in [9.17, 15) is 4.79 Å². The van der Waals surface area contributed by atoms with Gasteiger partial charge in [0.1, 0.15) is 5.75 Å². The minimum atomic E-state index is -0.424. The molecule has 0 aromatic heterocycles. The summed E-state index contributed by atoms with van der Waals surface area (Å²) in [6.45, 7) is 5.25. The van der Waals surface area contributed by atoms with E-state index in [1.54, 1.807) is 19.1 Å². The number of fused-ring (bicyclic) bond motifs is 1. The van der Waals surface area contributed by atoms with Crippen LogP contribution < -0.4 is 9.64 Å². The number of carbonyl (C=O) groups is 1. The maximum Gasteiger partial charge on any atom is 0.338 e. The molecule has 0 saturated carbocycles. The third kappa shape index (κ3) is 4.04. The average molecular weight is 379 g/mol. The highest BCUT2D eigenvalue weighted by atomic mass is 16.5. The molecule has 0 amide bonds.